The van der Waals surface area contributed by atoms with Gasteiger partial charge in [-0.2, -0.15) is 0 Å². The minimum absolute atomic E-state index is 0.270. The highest BCUT2D eigenvalue weighted by atomic mass is 32.2. The molecule has 0 unspecified atom stereocenters. The van der Waals surface area contributed by atoms with E-state index in [0.29, 0.717) is 16.8 Å². The minimum atomic E-state index is -3.63. The zero-order valence-electron chi connectivity index (χ0n) is 12.6. The topological polar surface area (TPSA) is 63.7 Å². The van der Waals surface area contributed by atoms with Crippen LogP contribution in [0.5, 0.6) is 0 Å². The van der Waals surface area contributed by atoms with Crippen molar-refractivity contribution in [3.63, 3.8) is 0 Å². The Kier molecular flexibility index (Phi) is 4.87. The van der Waals surface area contributed by atoms with Crippen LogP contribution in [0.1, 0.15) is 22.8 Å². The van der Waals surface area contributed by atoms with Crippen molar-refractivity contribution in [2.45, 2.75) is 18.1 Å². The van der Waals surface area contributed by atoms with Gasteiger partial charge >= 0.3 is 5.97 Å². The largest absolute Gasteiger partial charge is 0.465 e. The predicted molar refractivity (Wildman–Crippen MR) is 87.0 cm³/mol. The number of sulfonamides is 1. The van der Waals surface area contributed by atoms with Crippen LogP contribution in [0.25, 0.3) is 0 Å². The average molecular weight is 339 g/mol. The van der Waals surface area contributed by atoms with E-state index in [4.69, 9.17) is 4.74 Å². The first-order valence-electron chi connectivity index (χ1n) is 6.67. The minimum Gasteiger partial charge on any atom is -0.465 e. The van der Waals surface area contributed by atoms with E-state index in [0.717, 1.165) is 0 Å². The molecular weight excluding hydrogens is 322 g/mol. The first-order chi connectivity index (χ1) is 10.4. The molecule has 118 valence electrons. The number of hydrogen-bond acceptors (Lipinski definition) is 5. The summed E-state index contributed by atoms with van der Waals surface area (Å²) < 4.78 is 31.8. The molecule has 0 saturated carbocycles. The number of carbonyl (C=O) groups excluding carboxylic acids is 1. The summed E-state index contributed by atoms with van der Waals surface area (Å²) in [6, 6.07) is 8.24. The normalized spacial score (nSPS) is 11.2. The van der Waals surface area contributed by atoms with Crippen LogP contribution in [0.2, 0.25) is 0 Å². The molecule has 0 aliphatic heterocycles. The lowest BCUT2D eigenvalue weighted by Gasteiger charge is -2.24. The van der Waals surface area contributed by atoms with Crippen molar-refractivity contribution in [3.05, 3.63) is 46.8 Å². The number of methoxy groups -OCH3 is 1. The van der Waals surface area contributed by atoms with Crippen LogP contribution >= 0.6 is 11.3 Å². The summed E-state index contributed by atoms with van der Waals surface area (Å²) in [6.45, 7) is 3.75. The molecule has 0 radical (unpaired) electrons. The van der Waals surface area contributed by atoms with Crippen LogP contribution in [0, 0.1) is 6.92 Å². The number of thiophene rings is 1. The van der Waals surface area contributed by atoms with E-state index in [1.165, 1.54) is 22.8 Å². The maximum atomic E-state index is 12.7. The van der Waals surface area contributed by atoms with E-state index < -0.39 is 16.0 Å². The third kappa shape index (κ3) is 2.86. The summed E-state index contributed by atoms with van der Waals surface area (Å²) in [5.74, 6) is -0.482. The van der Waals surface area contributed by atoms with Crippen LogP contribution in [-0.4, -0.2) is 28.0 Å². The van der Waals surface area contributed by atoms with Gasteiger partial charge in [0.2, 0.25) is 0 Å². The van der Waals surface area contributed by atoms with Crippen molar-refractivity contribution in [3.8, 4) is 0 Å². The quantitative estimate of drug-likeness (QED) is 0.786. The van der Waals surface area contributed by atoms with Gasteiger partial charge in [-0.15, -0.1) is 11.3 Å². The Morgan fingerprint density at radius 1 is 1.27 bits per heavy atom. The van der Waals surface area contributed by atoms with Crippen molar-refractivity contribution < 1.29 is 17.9 Å². The number of anilines is 1. The Morgan fingerprint density at radius 3 is 2.55 bits per heavy atom. The lowest BCUT2D eigenvalue weighted by Crippen LogP contribution is -2.31. The highest BCUT2D eigenvalue weighted by Gasteiger charge is 2.27. The van der Waals surface area contributed by atoms with Crippen molar-refractivity contribution in [1.82, 2.24) is 0 Å². The van der Waals surface area contributed by atoms with E-state index in [-0.39, 0.29) is 10.8 Å². The van der Waals surface area contributed by atoms with Crippen molar-refractivity contribution in [2.24, 2.45) is 0 Å². The SMILES string of the molecule is CCN(c1cccc(C(=O)OC)c1C)S(=O)(=O)c1cccs1. The Morgan fingerprint density at radius 2 is 2.00 bits per heavy atom. The van der Waals surface area contributed by atoms with Gasteiger partial charge in [0, 0.05) is 6.54 Å². The zero-order chi connectivity index (χ0) is 16.3. The zero-order valence-corrected chi connectivity index (χ0v) is 14.2. The second kappa shape index (κ2) is 6.50. The summed E-state index contributed by atoms with van der Waals surface area (Å²) >= 11 is 1.17. The molecule has 7 heteroatoms. The molecule has 1 aromatic carbocycles. The van der Waals surface area contributed by atoms with Crippen LogP contribution in [0.3, 0.4) is 0 Å². The summed E-state index contributed by atoms with van der Waals surface area (Å²) in [5, 5.41) is 1.72. The molecule has 0 atom stereocenters. The van der Waals surface area contributed by atoms with Crippen LogP contribution in [0.4, 0.5) is 5.69 Å². The van der Waals surface area contributed by atoms with Crippen LogP contribution in [0.15, 0.2) is 39.9 Å². The van der Waals surface area contributed by atoms with E-state index in [2.05, 4.69) is 0 Å². The molecule has 0 aliphatic rings. The number of nitrogens with zero attached hydrogens (tertiary/aromatic N) is 1. The number of ether oxygens (including phenoxy) is 1. The monoisotopic (exact) mass is 339 g/mol. The van der Waals surface area contributed by atoms with Crippen LogP contribution in [-0.2, 0) is 14.8 Å². The molecule has 1 aromatic heterocycles. The fraction of sp³-hybridized carbons (Fsp3) is 0.267. The highest BCUT2D eigenvalue weighted by Crippen LogP contribution is 2.30. The molecule has 2 aromatic rings. The highest BCUT2D eigenvalue weighted by molar-refractivity contribution is 7.94. The molecule has 0 fully saturated rings. The second-order valence-electron chi connectivity index (χ2n) is 4.54. The van der Waals surface area contributed by atoms with Crippen molar-refractivity contribution in [2.75, 3.05) is 18.0 Å². The van der Waals surface area contributed by atoms with Gasteiger partial charge in [0.05, 0.1) is 18.4 Å². The molecule has 22 heavy (non-hydrogen) atoms. The number of rotatable bonds is 5. The first-order valence-corrected chi connectivity index (χ1v) is 8.99. The van der Waals surface area contributed by atoms with E-state index in [1.54, 1.807) is 49.6 Å². The van der Waals surface area contributed by atoms with Crippen molar-refractivity contribution >= 4 is 33.0 Å². The van der Waals surface area contributed by atoms with Crippen molar-refractivity contribution in [1.29, 1.82) is 0 Å². The third-order valence-corrected chi connectivity index (χ3v) is 6.57. The summed E-state index contributed by atoms with van der Waals surface area (Å²) in [4.78, 5) is 11.8. The smallest absolute Gasteiger partial charge is 0.338 e. The lowest BCUT2D eigenvalue weighted by molar-refractivity contribution is 0.0600. The molecule has 0 amide bonds. The van der Waals surface area contributed by atoms with Gasteiger partial charge in [0.1, 0.15) is 4.21 Å². The maximum Gasteiger partial charge on any atom is 0.338 e. The van der Waals surface area contributed by atoms with E-state index in [9.17, 15) is 13.2 Å². The molecule has 0 saturated heterocycles. The molecule has 2 rings (SSSR count). The molecule has 0 N–H and O–H groups in total. The Bertz CT molecular complexity index is 767. The number of carbonyl (C=O) groups is 1. The van der Waals surface area contributed by atoms with Gasteiger partial charge < -0.3 is 4.74 Å². The predicted octanol–water partition coefficient (Wildman–Crippen LogP) is 3.06. The fourth-order valence-corrected chi connectivity index (χ4v) is 4.85. The molecular formula is C15H17NO4S2. The standard InChI is InChI=1S/C15H17NO4S2/c1-4-16(22(18,19)14-9-6-10-21-14)13-8-5-7-12(11(13)2)15(17)20-3/h5-10H,4H2,1-3H3. The van der Waals surface area contributed by atoms with Gasteiger partial charge in [-0.1, -0.05) is 12.1 Å². The molecule has 1 heterocycles. The molecule has 0 bridgehead atoms. The van der Waals surface area contributed by atoms with E-state index in [1.807, 2.05) is 0 Å². The Balaban J connectivity index is 2.56. The lowest BCUT2D eigenvalue weighted by atomic mass is 10.1. The molecule has 0 spiro atoms. The number of hydrogen-bond donors (Lipinski definition) is 0. The second-order valence-corrected chi connectivity index (χ2v) is 7.58. The van der Waals surface area contributed by atoms with Gasteiger partial charge in [-0.3, -0.25) is 4.31 Å². The third-order valence-electron chi connectivity index (χ3n) is 3.31. The van der Waals surface area contributed by atoms with E-state index >= 15 is 0 Å². The van der Waals surface area contributed by atoms with Gasteiger partial charge in [0.25, 0.3) is 10.0 Å². The van der Waals surface area contributed by atoms with Gasteiger partial charge in [-0.25, -0.2) is 13.2 Å². The summed E-state index contributed by atoms with van der Waals surface area (Å²) in [7, 11) is -2.33. The first kappa shape index (κ1) is 16.5. The fourth-order valence-electron chi connectivity index (χ4n) is 2.21. The maximum absolute atomic E-state index is 12.7. The summed E-state index contributed by atoms with van der Waals surface area (Å²) in [6.07, 6.45) is 0. The van der Waals surface area contributed by atoms with Gasteiger partial charge in [-0.05, 0) is 43.0 Å². The molecule has 5 nitrogen and oxygen atoms in total. The summed E-state index contributed by atoms with van der Waals surface area (Å²) in [5.41, 5.74) is 1.43. The average Bonchev–Trinajstić information content (AvgIpc) is 3.04. The van der Waals surface area contributed by atoms with Crippen LogP contribution < -0.4 is 4.31 Å². The number of esters is 1. The molecule has 0 aliphatic carbocycles. The number of benzene rings is 1. The Hall–Kier alpha value is -1.86. The van der Waals surface area contributed by atoms with Gasteiger partial charge in [0.15, 0.2) is 0 Å². The Labute approximate surface area is 134 Å².